The summed E-state index contributed by atoms with van der Waals surface area (Å²) in [5.41, 5.74) is -1.11. The van der Waals surface area contributed by atoms with Crippen molar-refractivity contribution in [3.8, 4) is 11.3 Å². The van der Waals surface area contributed by atoms with Crippen molar-refractivity contribution in [3.05, 3.63) is 83.4 Å². The van der Waals surface area contributed by atoms with Crippen LogP contribution in [0.1, 0.15) is 23.7 Å². The number of rotatable bonds is 3. The van der Waals surface area contributed by atoms with E-state index in [0.29, 0.717) is 18.3 Å². The summed E-state index contributed by atoms with van der Waals surface area (Å²) in [6, 6.07) is 4.24. The SMILES string of the molecule is C=C1C=CN(Cc2ccc(-c3ccc(C(F)(F)F)cc3C(F)(F)F)nn2)C=C1C. The lowest BCUT2D eigenvalue weighted by Crippen LogP contribution is -2.15. The summed E-state index contributed by atoms with van der Waals surface area (Å²) in [5.74, 6) is 0. The van der Waals surface area contributed by atoms with E-state index in [9.17, 15) is 26.3 Å². The van der Waals surface area contributed by atoms with Gasteiger partial charge in [-0.15, -0.1) is 0 Å². The zero-order chi connectivity index (χ0) is 21.4. The van der Waals surface area contributed by atoms with E-state index in [1.165, 1.54) is 12.1 Å². The Morgan fingerprint density at radius 1 is 0.966 bits per heavy atom. The summed E-state index contributed by atoms with van der Waals surface area (Å²) in [7, 11) is 0. The van der Waals surface area contributed by atoms with Gasteiger partial charge in [0.1, 0.15) is 0 Å². The Labute approximate surface area is 162 Å². The Kier molecular flexibility index (Phi) is 5.25. The molecule has 0 spiro atoms. The third-order valence-electron chi connectivity index (χ3n) is 4.33. The van der Waals surface area contributed by atoms with Crippen molar-refractivity contribution in [1.29, 1.82) is 0 Å². The molecule has 1 aliphatic rings. The van der Waals surface area contributed by atoms with Crippen LogP contribution >= 0.6 is 0 Å². The zero-order valence-corrected chi connectivity index (χ0v) is 15.1. The van der Waals surface area contributed by atoms with Crippen LogP contribution in [0, 0.1) is 0 Å². The Hall–Kier alpha value is -3.10. The molecule has 2 heterocycles. The molecule has 0 aliphatic carbocycles. The second-order valence-electron chi connectivity index (χ2n) is 6.49. The minimum absolute atomic E-state index is 0.0872. The van der Waals surface area contributed by atoms with Crippen LogP contribution in [0.4, 0.5) is 26.3 Å². The first kappa shape index (κ1) is 20.6. The molecule has 0 radical (unpaired) electrons. The molecule has 152 valence electrons. The van der Waals surface area contributed by atoms with Gasteiger partial charge < -0.3 is 4.90 Å². The first-order valence-corrected chi connectivity index (χ1v) is 8.38. The van der Waals surface area contributed by atoms with Gasteiger partial charge in [-0.2, -0.15) is 36.5 Å². The van der Waals surface area contributed by atoms with Crippen molar-refractivity contribution < 1.29 is 26.3 Å². The fraction of sp³-hybridized carbons (Fsp3) is 0.200. The van der Waals surface area contributed by atoms with Crippen molar-refractivity contribution >= 4 is 0 Å². The lowest BCUT2D eigenvalue weighted by atomic mass is 10.00. The number of aromatic nitrogens is 2. The second kappa shape index (κ2) is 7.38. The number of hydrogen-bond acceptors (Lipinski definition) is 3. The maximum atomic E-state index is 13.3. The largest absolute Gasteiger partial charge is 0.417 e. The Morgan fingerprint density at radius 3 is 2.24 bits per heavy atom. The molecular formula is C20H15F6N3. The molecule has 1 aliphatic heterocycles. The van der Waals surface area contributed by atoms with Gasteiger partial charge in [-0.05, 0) is 48.4 Å². The van der Waals surface area contributed by atoms with E-state index >= 15 is 0 Å². The molecule has 0 saturated heterocycles. The molecule has 3 nitrogen and oxygen atoms in total. The lowest BCUT2D eigenvalue weighted by Gasteiger charge is -2.20. The number of benzene rings is 1. The van der Waals surface area contributed by atoms with Crippen molar-refractivity contribution in [1.82, 2.24) is 15.1 Å². The van der Waals surface area contributed by atoms with Gasteiger partial charge in [0.05, 0.1) is 29.1 Å². The van der Waals surface area contributed by atoms with Gasteiger partial charge in [-0.1, -0.05) is 12.6 Å². The Balaban J connectivity index is 1.90. The van der Waals surface area contributed by atoms with E-state index in [1.807, 2.05) is 24.1 Å². The van der Waals surface area contributed by atoms with Crippen LogP contribution in [0.15, 0.2) is 66.5 Å². The normalized spacial score (nSPS) is 14.9. The van der Waals surface area contributed by atoms with Gasteiger partial charge in [0.2, 0.25) is 0 Å². The number of allylic oxidation sites excluding steroid dienone is 3. The molecule has 29 heavy (non-hydrogen) atoms. The fourth-order valence-electron chi connectivity index (χ4n) is 2.74. The van der Waals surface area contributed by atoms with Crippen molar-refractivity contribution in [2.24, 2.45) is 0 Å². The van der Waals surface area contributed by atoms with E-state index < -0.39 is 29.0 Å². The molecule has 1 aromatic carbocycles. The number of alkyl halides is 6. The van der Waals surface area contributed by atoms with Crippen LogP contribution in [-0.2, 0) is 18.9 Å². The summed E-state index contributed by atoms with van der Waals surface area (Å²) < 4.78 is 78.4. The summed E-state index contributed by atoms with van der Waals surface area (Å²) in [6.07, 6.45) is -4.42. The highest BCUT2D eigenvalue weighted by atomic mass is 19.4. The molecule has 0 fully saturated rings. The summed E-state index contributed by atoms with van der Waals surface area (Å²) in [6.45, 7) is 6.07. The summed E-state index contributed by atoms with van der Waals surface area (Å²) in [5, 5.41) is 7.71. The van der Waals surface area contributed by atoms with E-state index in [2.05, 4.69) is 16.8 Å². The van der Waals surface area contributed by atoms with Crippen LogP contribution in [0.5, 0.6) is 0 Å². The molecule has 0 saturated carbocycles. The topological polar surface area (TPSA) is 29.0 Å². The number of hydrogen-bond donors (Lipinski definition) is 0. The highest BCUT2D eigenvalue weighted by molar-refractivity contribution is 5.65. The predicted molar refractivity (Wildman–Crippen MR) is 95.1 cm³/mol. The first-order chi connectivity index (χ1) is 13.4. The molecule has 0 N–H and O–H groups in total. The highest BCUT2D eigenvalue weighted by Gasteiger charge is 2.38. The molecule has 3 rings (SSSR count). The maximum absolute atomic E-state index is 13.3. The van der Waals surface area contributed by atoms with Gasteiger partial charge in [-0.3, -0.25) is 0 Å². The maximum Gasteiger partial charge on any atom is 0.417 e. The van der Waals surface area contributed by atoms with Gasteiger partial charge >= 0.3 is 12.4 Å². The van der Waals surface area contributed by atoms with Gasteiger partial charge in [0, 0.05) is 18.0 Å². The molecule has 1 aromatic heterocycles. The van der Waals surface area contributed by atoms with E-state index in [-0.39, 0.29) is 11.8 Å². The van der Waals surface area contributed by atoms with E-state index in [1.54, 1.807) is 6.20 Å². The zero-order valence-electron chi connectivity index (χ0n) is 15.1. The van der Waals surface area contributed by atoms with Crippen LogP contribution in [0.25, 0.3) is 11.3 Å². The quantitative estimate of drug-likeness (QED) is 0.583. The van der Waals surface area contributed by atoms with Crippen molar-refractivity contribution in [3.63, 3.8) is 0 Å². The molecule has 0 unspecified atom stereocenters. The monoisotopic (exact) mass is 411 g/mol. The molecule has 0 amide bonds. The molecular weight excluding hydrogens is 396 g/mol. The fourth-order valence-corrected chi connectivity index (χ4v) is 2.74. The molecule has 9 heteroatoms. The van der Waals surface area contributed by atoms with Crippen molar-refractivity contribution in [2.75, 3.05) is 0 Å². The first-order valence-electron chi connectivity index (χ1n) is 8.38. The van der Waals surface area contributed by atoms with Crippen LogP contribution in [-0.4, -0.2) is 15.1 Å². The Bertz CT molecular complexity index is 985. The van der Waals surface area contributed by atoms with Crippen LogP contribution in [0.2, 0.25) is 0 Å². The smallest absolute Gasteiger partial charge is 0.348 e. The average Bonchev–Trinajstić information content (AvgIpc) is 2.63. The van der Waals surface area contributed by atoms with Gasteiger partial charge in [0.15, 0.2) is 0 Å². The number of halogens is 6. The van der Waals surface area contributed by atoms with Crippen LogP contribution in [0.3, 0.4) is 0 Å². The Morgan fingerprint density at radius 2 is 1.69 bits per heavy atom. The molecule has 0 bridgehead atoms. The molecule has 0 atom stereocenters. The van der Waals surface area contributed by atoms with Gasteiger partial charge in [0.25, 0.3) is 0 Å². The van der Waals surface area contributed by atoms with E-state index in [4.69, 9.17) is 0 Å². The summed E-state index contributed by atoms with van der Waals surface area (Å²) in [4.78, 5) is 1.81. The lowest BCUT2D eigenvalue weighted by molar-refractivity contribution is -0.142. The number of nitrogens with zero attached hydrogens (tertiary/aromatic N) is 3. The van der Waals surface area contributed by atoms with Gasteiger partial charge in [-0.25, -0.2) is 0 Å². The standard InChI is InChI=1S/C20H15F6N3/c1-12-7-8-29(10-13(12)2)11-15-4-6-18(28-27-15)16-5-3-14(19(21,22)23)9-17(16)20(24,25)26/h3-10H,1,11H2,2H3. The second-order valence-corrected chi connectivity index (χ2v) is 6.49. The minimum Gasteiger partial charge on any atom is -0.348 e. The average molecular weight is 411 g/mol. The highest BCUT2D eigenvalue weighted by Crippen LogP contribution is 2.40. The van der Waals surface area contributed by atoms with Crippen LogP contribution < -0.4 is 0 Å². The third-order valence-corrected chi connectivity index (χ3v) is 4.33. The predicted octanol–water partition coefficient (Wildman–Crippen LogP) is 5.97. The van der Waals surface area contributed by atoms with Crippen molar-refractivity contribution in [2.45, 2.75) is 25.8 Å². The minimum atomic E-state index is -4.97. The van der Waals surface area contributed by atoms with E-state index in [0.717, 1.165) is 17.2 Å². The molecule has 2 aromatic rings. The summed E-state index contributed by atoms with van der Waals surface area (Å²) >= 11 is 0. The third kappa shape index (κ3) is 4.67.